The van der Waals surface area contributed by atoms with Crippen LogP contribution in [-0.2, 0) is 7.05 Å². The van der Waals surface area contributed by atoms with Gasteiger partial charge in [0, 0.05) is 12.6 Å². The van der Waals surface area contributed by atoms with Gasteiger partial charge in [0.15, 0.2) is 5.56 Å². The number of aromatic amines is 1. The molecule has 1 aromatic carbocycles. The molecular formula is C12H12N2O3. The third-order valence-corrected chi connectivity index (χ3v) is 2.68. The summed E-state index contributed by atoms with van der Waals surface area (Å²) < 4.78 is 1.17. The van der Waals surface area contributed by atoms with E-state index in [4.69, 9.17) is 5.11 Å². The van der Waals surface area contributed by atoms with Crippen LogP contribution in [0, 0.1) is 6.92 Å². The maximum atomic E-state index is 11.7. The topological polar surface area (TPSA) is 75.1 Å². The predicted molar refractivity (Wildman–Crippen MR) is 63.2 cm³/mol. The van der Waals surface area contributed by atoms with Gasteiger partial charge in [0.1, 0.15) is 0 Å². The lowest BCUT2D eigenvalue weighted by Crippen LogP contribution is -2.18. The molecule has 2 aromatic rings. The highest BCUT2D eigenvalue weighted by molar-refractivity contribution is 5.94. The van der Waals surface area contributed by atoms with Gasteiger partial charge >= 0.3 is 5.97 Å². The molecule has 0 unspecified atom stereocenters. The Labute approximate surface area is 97.3 Å². The van der Waals surface area contributed by atoms with Gasteiger partial charge in [-0.05, 0) is 12.5 Å². The lowest BCUT2D eigenvalue weighted by atomic mass is 10.0. The van der Waals surface area contributed by atoms with Crippen LogP contribution in [0.3, 0.4) is 0 Å². The molecule has 0 aliphatic rings. The molecule has 0 bridgehead atoms. The Kier molecular flexibility index (Phi) is 2.59. The normalized spacial score (nSPS) is 10.5. The third kappa shape index (κ3) is 1.75. The molecule has 2 rings (SSSR count). The molecule has 1 aromatic heterocycles. The molecule has 5 nitrogen and oxygen atoms in total. The van der Waals surface area contributed by atoms with E-state index >= 15 is 0 Å². The lowest BCUT2D eigenvalue weighted by molar-refractivity contribution is 0.0696. The lowest BCUT2D eigenvalue weighted by Gasteiger charge is -2.03. The fourth-order valence-electron chi connectivity index (χ4n) is 1.80. The van der Waals surface area contributed by atoms with Crippen molar-refractivity contribution in [2.75, 3.05) is 0 Å². The number of nitrogens with zero attached hydrogens (tertiary/aromatic N) is 1. The van der Waals surface area contributed by atoms with Gasteiger partial charge in [-0.2, -0.15) is 0 Å². The molecule has 2 N–H and O–H groups in total. The number of benzene rings is 1. The summed E-state index contributed by atoms with van der Waals surface area (Å²) in [6.07, 6.45) is 0. The highest BCUT2D eigenvalue weighted by atomic mass is 16.4. The van der Waals surface area contributed by atoms with Crippen molar-refractivity contribution in [1.82, 2.24) is 9.78 Å². The number of carboxylic acid groups (broad SMARTS) is 1. The summed E-state index contributed by atoms with van der Waals surface area (Å²) in [5.41, 5.74) is 1.24. The summed E-state index contributed by atoms with van der Waals surface area (Å²) in [6.45, 7) is 1.87. The van der Waals surface area contributed by atoms with E-state index in [1.807, 2.05) is 19.1 Å². The number of H-pyrrole nitrogens is 1. The Balaban J connectivity index is 2.77. The Morgan fingerprint density at radius 3 is 2.59 bits per heavy atom. The monoisotopic (exact) mass is 232 g/mol. The van der Waals surface area contributed by atoms with Crippen molar-refractivity contribution in [2.24, 2.45) is 7.05 Å². The van der Waals surface area contributed by atoms with E-state index in [1.165, 1.54) is 11.7 Å². The van der Waals surface area contributed by atoms with Crippen molar-refractivity contribution in [1.29, 1.82) is 0 Å². The molecule has 88 valence electrons. The molecule has 0 saturated carbocycles. The largest absolute Gasteiger partial charge is 0.477 e. The summed E-state index contributed by atoms with van der Waals surface area (Å²) in [7, 11) is 1.50. The standard InChI is InChI=1S/C12H12N2O3/c1-7-5-3-4-6-8(7)10-9(12(16)17)11(15)14(2)13-10/h3-6,13H,1-2H3,(H,16,17). The van der Waals surface area contributed by atoms with Crippen molar-refractivity contribution in [3.63, 3.8) is 0 Å². The molecule has 17 heavy (non-hydrogen) atoms. The summed E-state index contributed by atoms with van der Waals surface area (Å²) in [5, 5.41) is 11.9. The van der Waals surface area contributed by atoms with Crippen LogP contribution in [-0.4, -0.2) is 20.9 Å². The van der Waals surface area contributed by atoms with Crippen LogP contribution in [0.15, 0.2) is 29.1 Å². The minimum Gasteiger partial charge on any atom is -0.477 e. The van der Waals surface area contributed by atoms with Crippen LogP contribution in [0.1, 0.15) is 15.9 Å². The molecule has 0 fully saturated rings. The van der Waals surface area contributed by atoms with Crippen molar-refractivity contribution >= 4 is 5.97 Å². The quantitative estimate of drug-likeness (QED) is 0.821. The van der Waals surface area contributed by atoms with Crippen LogP contribution in [0.25, 0.3) is 11.3 Å². The van der Waals surface area contributed by atoms with Crippen molar-refractivity contribution in [3.8, 4) is 11.3 Å². The second-order valence-electron chi connectivity index (χ2n) is 3.85. The maximum absolute atomic E-state index is 11.7. The fraction of sp³-hybridized carbons (Fsp3) is 0.167. The molecule has 0 aliphatic carbocycles. The molecule has 0 aliphatic heterocycles. The Morgan fingerprint density at radius 2 is 2.00 bits per heavy atom. The summed E-state index contributed by atoms with van der Waals surface area (Å²) >= 11 is 0. The van der Waals surface area contributed by atoms with E-state index in [1.54, 1.807) is 12.1 Å². The average Bonchev–Trinajstić information content (AvgIpc) is 2.56. The number of aryl methyl sites for hydroxylation is 2. The first-order chi connectivity index (χ1) is 8.02. The number of hydrogen-bond acceptors (Lipinski definition) is 2. The van der Waals surface area contributed by atoms with Gasteiger partial charge < -0.3 is 5.11 Å². The van der Waals surface area contributed by atoms with E-state index in [0.717, 1.165) is 11.1 Å². The van der Waals surface area contributed by atoms with Gasteiger partial charge in [0.2, 0.25) is 0 Å². The zero-order chi connectivity index (χ0) is 12.6. The van der Waals surface area contributed by atoms with E-state index in [9.17, 15) is 9.59 Å². The van der Waals surface area contributed by atoms with Crippen molar-refractivity contribution in [3.05, 3.63) is 45.7 Å². The van der Waals surface area contributed by atoms with E-state index in [-0.39, 0.29) is 5.56 Å². The zero-order valence-electron chi connectivity index (χ0n) is 9.52. The summed E-state index contributed by atoms with van der Waals surface area (Å²) in [5.74, 6) is -1.22. The fourth-order valence-corrected chi connectivity index (χ4v) is 1.80. The van der Waals surface area contributed by atoms with Crippen LogP contribution >= 0.6 is 0 Å². The molecule has 5 heteroatoms. The highest BCUT2D eigenvalue weighted by Gasteiger charge is 2.21. The van der Waals surface area contributed by atoms with Gasteiger partial charge in [-0.25, -0.2) is 4.79 Å². The molecule has 0 saturated heterocycles. The van der Waals surface area contributed by atoms with Gasteiger partial charge in [0.25, 0.3) is 5.56 Å². The molecule has 1 heterocycles. The number of hydrogen-bond donors (Lipinski definition) is 2. The van der Waals surface area contributed by atoms with Crippen LogP contribution in [0.4, 0.5) is 0 Å². The number of aromatic nitrogens is 2. The molecule has 0 amide bonds. The van der Waals surface area contributed by atoms with Crippen LogP contribution in [0.5, 0.6) is 0 Å². The number of carbonyl (C=O) groups is 1. The zero-order valence-corrected chi connectivity index (χ0v) is 9.52. The predicted octanol–water partition coefficient (Wildman–Crippen LogP) is 1.39. The van der Waals surface area contributed by atoms with E-state index < -0.39 is 11.5 Å². The second-order valence-corrected chi connectivity index (χ2v) is 3.85. The first-order valence-electron chi connectivity index (χ1n) is 5.10. The first-order valence-corrected chi connectivity index (χ1v) is 5.10. The Morgan fingerprint density at radius 1 is 1.35 bits per heavy atom. The van der Waals surface area contributed by atoms with E-state index in [2.05, 4.69) is 5.10 Å². The molecule has 0 radical (unpaired) electrons. The summed E-state index contributed by atoms with van der Waals surface area (Å²) in [4.78, 5) is 22.8. The SMILES string of the molecule is Cc1ccccc1-c1[nH]n(C)c(=O)c1C(=O)O. The third-order valence-electron chi connectivity index (χ3n) is 2.68. The Hall–Kier alpha value is -2.30. The van der Waals surface area contributed by atoms with Crippen LogP contribution < -0.4 is 5.56 Å². The highest BCUT2D eigenvalue weighted by Crippen LogP contribution is 2.22. The van der Waals surface area contributed by atoms with E-state index in [0.29, 0.717) is 5.69 Å². The Bertz CT molecular complexity index is 637. The minimum atomic E-state index is -1.22. The van der Waals surface area contributed by atoms with Gasteiger partial charge in [-0.1, -0.05) is 24.3 Å². The smallest absolute Gasteiger partial charge is 0.343 e. The average molecular weight is 232 g/mol. The van der Waals surface area contributed by atoms with Crippen molar-refractivity contribution < 1.29 is 9.90 Å². The minimum absolute atomic E-state index is 0.221. The van der Waals surface area contributed by atoms with Gasteiger partial charge in [-0.3, -0.25) is 14.6 Å². The molecule has 0 atom stereocenters. The van der Waals surface area contributed by atoms with Gasteiger partial charge in [0.05, 0.1) is 5.69 Å². The number of rotatable bonds is 2. The summed E-state index contributed by atoms with van der Waals surface area (Å²) in [6, 6.07) is 7.32. The molecular weight excluding hydrogens is 220 g/mol. The van der Waals surface area contributed by atoms with Crippen LogP contribution in [0.2, 0.25) is 0 Å². The maximum Gasteiger partial charge on any atom is 0.343 e. The first kappa shape index (κ1) is 11.2. The number of carboxylic acids is 1. The van der Waals surface area contributed by atoms with Crippen molar-refractivity contribution in [2.45, 2.75) is 6.92 Å². The molecule has 0 spiro atoms. The number of aromatic carboxylic acids is 1. The van der Waals surface area contributed by atoms with Gasteiger partial charge in [-0.15, -0.1) is 0 Å². The second kappa shape index (κ2) is 3.93. The number of nitrogens with one attached hydrogen (secondary N) is 1.